The van der Waals surface area contributed by atoms with Gasteiger partial charge in [0.1, 0.15) is 18.7 Å². The number of aryl methyl sites for hydroxylation is 2. The molecule has 0 fully saturated rings. The van der Waals surface area contributed by atoms with Gasteiger partial charge in [-0.05, 0) is 31.0 Å². The van der Waals surface area contributed by atoms with E-state index in [0.717, 1.165) is 24.4 Å². The Morgan fingerprint density at radius 1 is 1.42 bits per heavy atom. The maximum absolute atomic E-state index is 8.89. The first-order chi connectivity index (χ1) is 9.24. The lowest BCUT2D eigenvalue weighted by atomic mass is 10.1. The summed E-state index contributed by atoms with van der Waals surface area (Å²) in [6.45, 7) is 5.23. The summed E-state index contributed by atoms with van der Waals surface area (Å²) in [6, 6.07) is 7.51. The molecule has 0 aliphatic rings. The molecule has 0 aliphatic heterocycles. The number of aromatic nitrogens is 3. The first-order valence-corrected chi connectivity index (χ1v) is 6.24. The highest BCUT2D eigenvalue weighted by atomic mass is 16.5. The van der Waals surface area contributed by atoms with Crippen LogP contribution in [0.3, 0.4) is 0 Å². The lowest BCUT2D eigenvalue weighted by Crippen LogP contribution is -2.08. The topological polar surface area (TPSA) is 63.7 Å². The number of benzene rings is 1. The first-order valence-electron chi connectivity index (χ1n) is 6.24. The molecule has 0 unspecified atom stereocenters. The maximum atomic E-state index is 8.89. The van der Waals surface area contributed by atoms with Crippen LogP contribution in [-0.2, 0) is 13.2 Å². The molecule has 5 heteroatoms. The van der Waals surface area contributed by atoms with Gasteiger partial charge in [0.15, 0.2) is 5.82 Å². The van der Waals surface area contributed by atoms with E-state index < -0.39 is 0 Å². The van der Waals surface area contributed by atoms with Gasteiger partial charge in [0.2, 0.25) is 0 Å². The van der Waals surface area contributed by atoms with Gasteiger partial charge in [-0.1, -0.05) is 13.0 Å². The summed E-state index contributed by atoms with van der Waals surface area (Å²) in [6.07, 6.45) is 2.53. The minimum absolute atomic E-state index is 0.357. The van der Waals surface area contributed by atoms with Crippen LogP contribution in [0.4, 0.5) is 0 Å². The molecule has 0 bridgehead atoms. The van der Waals surface area contributed by atoms with Crippen molar-refractivity contribution in [2.45, 2.75) is 33.4 Å². The molecule has 0 saturated heterocycles. The Kier molecular flexibility index (Phi) is 4.14. The Morgan fingerprint density at radius 2 is 2.26 bits per heavy atom. The molecule has 2 rings (SSSR count). The van der Waals surface area contributed by atoms with Gasteiger partial charge in [-0.25, -0.2) is 9.67 Å². The van der Waals surface area contributed by atoms with Crippen molar-refractivity contribution in [3.63, 3.8) is 0 Å². The van der Waals surface area contributed by atoms with Gasteiger partial charge < -0.3 is 4.74 Å². The van der Waals surface area contributed by atoms with Crippen molar-refractivity contribution in [1.29, 1.82) is 5.26 Å². The number of nitriles is 1. The predicted molar refractivity (Wildman–Crippen MR) is 70.5 cm³/mol. The minimum Gasteiger partial charge on any atom is -0.485 e. The maximum Gasteiger partial charge on any atom is 0.164 e. The van der Waals surface area contributed by atoms with Crippen LogP contribution in [0.5, 0.6) is 5.75 Å². The van der Waals surface area contributed by atoms with Crippen LogP contribution in [-0.4, -0.2) is 14.8 Å². The van der Waals surface area contributed by atoms with Crippen molar-refractivity contribution in [2.75, 3.05) is 0 Å². The Balaban J connectivity index is 2.10. The number of ether oxygens (including phenoxy) is 1. The van der Waals surface area contributed by atoms with Gasteiger partial charge in [0.05, 0.1) is 11.6 Å². The molecule has 0 amide bonds. The van der Waals surface area contributed by atoms with Crippen LogP contribution < -0.4 is 4.74 Å². The third-order valence-electron chi connectivity index (χ3n) is 2.81. The highest BCUT2D eigenvalue weighted by molar-refractivity contribution is 5.41. The number of hydrogen-bond donors (Lipinski definition) is 0. The second-order valence-electron chi connectivity index (χ2n) is 4.28. The average Bonchev–Trinajstić information content (AvgIpc) is 2.86. The summed E-state index contributed by atoms with van der Waals surface area (Å²) >= 11 is 0. The van der Waals surface area contributed by atoms with E-state index in [1.807, 2.05) is 17.7 Å². The van der Waals surface area contributed by atoms with Gasteiger partial charge >= 0.3 is 0 Å². The number of rotatable bonds is 5. The standard InChI is InChI=1S/C14H16N4O/c1-3-6-18-14(16-10-17-18)9-19-13-7-12(8-15)5-4-11(13)2/h4-5,7,10H,3,6,9H2,1-2H3. The third-order valence-corrected chi connectivity index (χ3v) is 2.81. The smallest absolute Gasteiger partial charge is 0.164 e. The second-order valence-corrected chi connectivity index (χ2v) is 4.28. The number of nitrogens with zero attached hydrogens (tertiary/aromatic N) is 4. The van der Waals surface area contributed by atoms with Crippen molar-refractivity contribution in [3.8, 4) is 11.8 Å². The van der Waals surface area contributed by atoms with Gasteiger partial charge in [-0.2, -0.15) is 10.4 Å². The highest BCUT2D eigenvalue weighted by Crippen LogP contribution is 2.20. The predicted octanol–water partition coefficient (Wildman–Crippen LogP) is 2.45. The minimum atomic E-state index is 0.357. The zero-order chi connectivity index (χ0) is 13.7. The summed E-state index contributed by atoms with van der Waals surface area (Å²) < 4.78 is 7.57. The zero-order valence-electron chi connectivity index (χ0n) is 11.1. The summed E-state index contributed by atoms with van der Waals surface area (Å²) in [7, 11) is 0. The van der Waals surface area contributed by atoms with Crippen LogP contribution in [0.2, 0.25) is 0 Å². The van der Waals surface area contributed by atoms with Crippen molar-refractivity contribution in [1.82, 2.24) is 14.8 Å². The first kappa shape index (κ1) is 13.1. The second kappa shape index (κ2) is 6.01. The Labute approximate surface area is 112 Å². The Hall–Kier alpha value is -2.35. The molecule has 5 nitrogen and oxygen atoms in total. The number of hydrogen-bond acceptors (Lipinski definition) is 4. The Morgan fingerprint density at radius 3 is 3.00 bits per heavy atom. The van der Waals surface area contributed by atoms with Gasteiger partial charge in [-0.15, -0.1) is 0 Å². The summed E-state index contributed by atoms with van der Waals surface area (Å²) in [5.74, 6) is 1.51. The third kappa shape index (κ3) is 3.10. The zero-order valence-corrected chi connectivity index (χ0v) is 11.1. The fourth-order valence-electron chi connectivity index (χ4n) is 1.77. The fourth-order valence-corrected chi connectivity index (χ4v) is 1.77. The van der Waals surface area contributed by atoms with Crippen LogP contribution in [0.15, 0.2) is 24.5 Å². The SMILES string of the molecule is CCCn1ncnc1COc1cc(C#N)ccc1C. The van der Waals surface area contributed by atoms with Crippen molar-refractivity contribution in [3.05, 3.63) is 41.5 Å². The summed E-state index contributed by atoms with van der Waals surface area (Å²) in [5, 5.41) is 13.0. The molecule has 2 aromatic rings. The van der Waals surface area contributed by atoms with Crippen LogP contribution in [0.25, 0.3) is 0 Å². The highest BCUT2D eigenvalue weighted by Gasteiger charge is 2.06. The molecule has 98 valence electrons. The largest absolute Gasteiger partial charge is 0.485 e. The van der Waals surface area contributed by atoms with E-state index in [4.69, 9.17) is 10.00 Å². The van der Waals surface area contributed by atoms with E-state index in [9.17, 15) is 0 Å². The molecule has 1 heterocycles. The summed E-state index contributed by atoms with van der Waals surface area (Å²) in [5.41, 5.74) is 1.59. The molecular formula is C14H16N4O. The molecule has 0 atom stereocenters. The molecule has 0 radical (unpaired) electrons. The normalized spacial score (nSPS) is 10.2. The molecule has 1 aromatic heterocycles. The fraction of sp³-hybridized carbons (Fsp3) is 0.357. The van der Waals surface area contributed by atoms with Crippen LogP contribution in [0.1, 0.15) is 30.3 Å². The Bertz CT molecular complexity index is 598. The molecule has 1 aromatic carbocycles. The van der Waals surface area contributed by atoms with Gasteiger partial charge in [0, 0.05) is 6.54 Å². The lowest BCUT2D eigenvalue weighted by molar-refractivity contribution is 0.284. The van der Waals surface area contributed by atoms with E-state index in [0.29, 0.717) is 17.9 Å². The lowest BCUT2D eigenvalue weighted by Gasteiger charge is -2.09. The quantitative estimate of drug-likeness (QED) is 0.824. The van der Waals surface area contributed by atoms with E-state index in [1.54, 1.807) is 12.1 Å². The molecule has 19 heavy (non-hydrogen) atoms. The van der Waals surface area contributed by atoms with Crippen molar-refractivity contribution < 1.29 is 4.74 Å². The molecular weight excluding hydrogens is 240 g/mol. The molecule has 0 saturated carbocycles. The van der Waals surface area contributed by atoms with Crippen molar-refractivity contribution in [2.24, 2.45) is 0 Å². The monoisotopic (exact) mass is 256 g/mol. The van der Waals surface area contributed by atoms with E-state index in [2.05, 4.69) is 23.1 Å². The van der Waals surface area contributed by atoms with E-state index in [1.165, 1.54) is 6.33 Å². The van der Waals surface area contributed by atoms with E-state index in [-0.39, 0.29) is 0 Å². The van der Waals surface area contributed by atoms with Crippen molar-refractivity contribution >= 4 is 0 Å². The average molecular weight is 256 g/mol. The van der Waals surface area contributed by atoms with Crippen LogP contribution >= 0.6 is 0 Å². The molecule has 0 aliphatic carbocycles. The summed E-state index contributed by atoms with van der Waals surface area (Å²) in [4.78, 5) is 4.18. The molecule has 0 N–H and O–H groups in total. The van der Waals surface area contributed by atoms with Crippen LogP contribution in [0, 0.1) is 18.3 Å². The van der Waals surface area contributed by atoms with Gasteiger partial charge in [-0.3, -0.25) is 0 Å². The molecule has 0 spiro atoms. The van der Waals surface area contributed by atoms with E-state index >= 15 is 0 Å². The van der Waals surface area contributed by atoms with Gasteiger partial charge in [0.25, 0.3) is 0 Å².